The smallest absolute Gasteiger partial charge is 0.0451 e. The molecule has 1 nitrogen and oxygen atoms in total. The molecule has 0 aliphatic carbocycles. The fourth-order valence-electron chi connectivity index (χ4n) is 1.09. The minimum atomic E-state index is 1.09. The van der Waals surface area contributed by atoms with Gasteiger partial charge in [-0.15, -0.1) is 11.8 Å². The fourth-order valence-corrected chi connectivity index (χ4v) is 1.72. The Morgan fingerprint density at radius 3 is 3.09 bits per heavy atom. The number of hydrogen-bond acceptors (Lipinski definition) is 1. The number of nitrogens with one attached hydrogen (secondary N) is 1. The molecule has 1 aliphatic rings. The van der Waals surface area contributed by atoms with Gasteiger partial charge in [0.15, 0.2) is 0 Å². The summed E-state index contributed by atoms with van der Waals surface area (Å²) >= 11 is 1.83. The molecule has 0 aromatic carbocycles. The molecule has 11 heavy (non-hydrogen) atoms. The molecule has 0 radical (unpaired) electrons. The molecule has 0 fully saturated rings. The summed E-state index contributed by atoms with van der Waals surface area (Å²) in [6, 6.07) is 4.11. The third kappa shape index (κ3) is 1.40. The number of H-pyrrole nitrogens is 1. The number of allylic oxidation sites excluding steroid dienone is 2. The number of rotatable bonds is 1. The first kappa shape index (κ1) is 6.80. The van der Waals surface area contributed by atoms with Crippen molar-refractivity contribution in [1.82, 2.24) is 4.98 Å². The maximum absolute atomic E-state index is 3.18. The SMILES string of the molecule is C1=CC(c2ccc[nH]2)=CCS1. The van der Waals surface area contributed by atoms with Crippen LogP contribution in [0, 0.1) is 0 Å². The van der Waals surface area contributed by atoms with Gasteiger partial charge in [0.1, 0.15) is 0 Å². The van der Waals surface area contributed by atoms with E-state index in [0.717, 1.165) is 5.75 Å². The predicted octanol–water partition coefficient (Wildman–Crippen LogP) is 2.66. The zero-order valence-electron chi connectivity index (χ0n) is 6.08. The average molecular weight is 163 g/mol. The van der Waals surface area contributed by atoms with E-state index in [1.54, 1.807) is 0 Å². The molecule has 1 N–H and O–H groups in total. The number of aromatic nitrogens is 1. The molecule has 0 atom stereocenters. The first-order chi connectivity index (χ1) is 5.47. The van der Waals surface area contributed by atoms with Crippen molar-refractivity contribution < 1.29 is 0 Å². The van der Waals surface area contributed by atoms with E-state index in [9.17, 15) is 0 Å². The summed E-state index contributed by atoms with van der Waals surface area (Å²) in [5.74, 6) is 1.09. The van der Waals surface area contributed by atoms with Crippen LogP contribution in [0.2, 0.25) is 0 Å². The van der Waals surface area contributed by atoms with Crippen molar-refractivity contribution in [3.05, 3.63) is 41.6 Å². The molecule has 0 amide bonds. The van der Waals surface area contributed by atoms with Crippen LogP contribution in [0.3, 0.4) is 0 Å². The summed E-state index contributed by atoms with van der Waals surface area (Å²) in [6.07, 6.45) is 6.32. The highest BCUT2D eigenvalue weighted by Gasteiger charge is 1.99. The Balaban J connectivity index is 2.29. The third-order valence-electron chi connectivity index (χ3n) is 1.65. The van der Waals surface area contributed by atoms with Crippen LogP contribution in [0.5, 0.6) is 0 Å². The summed E-state index contributed by atoms with van der Waals surface area (Å²) in [5.41, 5.74) is 2.51. The number of thioether (sulfide) groups is 1. The highest BCUT2D eigenvalue weighted by molar-refractivity contribution is 8.02. The minimum Gasteiger partial charge on any atom is -0.361 e. The van der Waals surface area contributed by atoms with Crippen LogP contribution in [0.1, 0.15) is 5.69 Å². The van der Waals surface area contributed by atoms with Gasteiger partial charge in [-0.1, -0.05) is 6.08 Å². The molecule has 2 heteroatoms. The van der Waals surface area contributed by atoms with Crippen LogP contribution in [-0.4, -0.2) is 10.7 Å². The average Bonchev–Trinajstić information content (AvgIpc) is 2.58. The van der Waals surface area contributed by atoms with E-state index >= 15 is 0 Å². The van der Waals surface area contributed by atoms with Crippen LogP contribution in [0.4, 0.5) is 0 Å². The van der Waals surface area contributed by atoms with Gasteiger partial charge in [-0.05, 0) is 29.2 Å². The van der Waals surface area contributed by atoms with Crippen molar-refractivity contribution in [1.29, 1.82) is 0 Å². The minimum absolute atomic E-state index is 1.09. The predicted molar refractivity (Wildman–Crippen MR) is 50.4 cm³/mol. The summed E-state index contributed by atoms with van der Waals surface area (Å²) < 4.78 is 0. The Labute approximate surface area is 70.2 Å². The summed E-state index contributed by atoms with van der Waals surface area (Å²) in [5, 5.41) is 2.14. The second-order valence-electron chi connectivity index (χ2n) is 2.38. The van der Waals surface area contributed by atoms with Gasteiger partial charge in [-0.25, -0.2) is 0 Å². The first-order valence-corrected chi connectivity index (χ1v) is 4.64. The van der Waals surface area contributed by atoms with Crippen molar-refractivity contribution in [2.24, 2.45) is 0 Å². The largest absolute Gasteiger partial charge is 0.361 e. The molecule has 1 aromatic rings. The lowest BCUT2D eigenvalue weighted by molar-refractivity contribution is 1.35. The topological polar surface area (TPSA) is 15.8 Å². The number of aromatic amines is 1. The van der Waals surface area contributed by atoms with Crippen molar-refractivity contribution in [2.45, 2.75) is 0 Å². The highest BCUT2D eigenvalue weighted by atomic mass is 32.2. The van der Waals surface area contributed by atoms with E-state index < -0.39 is 0 Å². The van der Waals surface area contributed by atoms with Gasteiger partial charge in [0.2, 0.25) is 0 Å². The molecular weight excluding hydrogens is 154 g/mol. The summed E-state index contributed by atoms with van der Waals surface area (Å²) in [4.78, 5) is 3.18. The van der Waals surface area contributed by atoms with E-state index in [1.165, 1.54) is 11.3 Å². The standard InChI is InChI=1S/C9H9NS/c1-2-9(10-5-1)8-3-6-11-7-4-8/h1-6,10H,7H2. The molecule has 2 heterocycles. The monoisotopic (exact) mass is 163 g/mol. The summed E-state index contributed by atoms with van der Waals surface area (Å²) in [7, 11) is 0. The van der Waals surface area contributed by atoms with E-state index in [1.807, 2.05) is 24.0 Å². The molecule has 0 saturated carbocycles. The highest BCUT2D eigenvalue weighted by Crippen LogP contribution is 2.21. The quantitative estimate of drug-likeness (QED) is 0.673. The van der Waals surface area contributed by atoms with Crippen molar-refractivity contribution >= 4 is 17.3 Å². The van der Waals surface area contributed by atoms with E-state index in [4.69, 9.17) is 0 Å². The lowest BCUT2D eigenvalue weighted by Crippen LogP contribution is -1.84. The van der Waals surface area contributed by atoms with E-state index in [2.05, 4.69) is 28.6 Å². The van der Waals surface area contributed by atoms with Gasteiger partial charge in [0.05, 0.1) is 0 Å². The number of hydrogen-bond donors (Lipinski definition) is 1. The first-order valence-electron chi connectivity index (χ1n) is 3.59. The molecule has 2 rings (SSSR count). The molecular formula is C9H9NS. The third-order valence-corrected chi connectivity index (χ3v) is 2.34. The molecule has 1 aliphatic heterocycles. The van der Waals surface area contributed by atoms with E-state index in [-0.39, 0.29) is 0 Å². The van der Waals surface area contributed by atoms with Crippen LogP contribution in [-0.2, 0) is 0 Å². The second-order valence-corrected chi connectivity index (χ2v) is 3.32. The van der Waals surface area contributed by atoms with Crippen LogP contribution < -0.4 is 0 Å². The maximum Gasteiger partial charge on any atom is 0.0451 e. The molecule has 0 unspecified atom stereocenters. The molecule has 0 saturated heterocycles. The molecule has 56 valence electrons. The second kappa shape index (κ2) is 3.01. The molecule has 0 spiro atoms. The zero-order chi connectivity index (χ0) is 7.52. The van der Waals surface area contributed by atoms with E-state index in [0.29, 0.717) is 0 Å². The van der Waals surface area contributed by atoms with Crippen LogP contribution >= 0.6 is 11.8 Å². The normalized spacial score (nSPS) is 16.5. The Bertz CT molecular complexity index is 283. The van der Waals surface area contributed by atoms with Crippen molar-refractivity contribution in [2.75, 3.05) is 5.75 Å². The van der Waals surface area contributed by atoms with Gasteiger partial charge in [0.25, 0.3) is 0 Å². The zero-order valence-corrected chi connectivity index (χ0v) is 6.90. The van der Waals surface area contributed by atoms with Gasteiger partial charge in [-0.2, -0.15) is 0 Å². The van der Waals surface area contributed by atoms with Crippen LogP contribution in [0.15, 0.2) is 35.9 Å². The Kier molecular flexibility index (Phi) is 1.86. The van der Waals surface area contributed by atoms with Gasteiger partial charge in [-0.3, -0.25) is 0 Å². The summed E-state index contributed by atoms with van der Waals surface area (Å²) in [6.45, 7) is 0. The Morgan fingerprint density at radius 2 is 2.45 bits per heavy atom. The lowest BCUT2D eigenvalue weighted by atomic mass is 10.2. The molecule has 1 aromatic heterocycles. The van der Waals surface area contributed by atoms with Crippen molar-refractivity contribution in [3.8, 4) is 0 Å². The molecule has 0 bridgehead atoms. The maximum atomic E-state index is 3.18. The van der Waals surface area contributed by atoms with Crippen LogP contribution in [0.25, 0.3) is 5.57 Å². The van der Waals surface area contributed by atoms with Gasteiger partial charge >= 0.3 is 0 Å². The van der Waals surface area contributed by atoms with Gasteiger partial charge < -0.3 is 4.98 Å². The van der Waals surface area contributed by atoms with Crippen molar-refractivity contribution in [3.63, 3.8) is 0 Å². The lowest BCUT2D eigenvalue weighted by Gasteiger charge is -2.03. The fraction of sp³-hybridized carbons (Fsp3) is 0.111. The van der Waals surface area contributed by atoms with Gasteiger partial charge in [0, 0.05) is 17.6 Å². The Hall–Kier alpha value is -0.890. The Morgan fingerprint density at radius 1 is 1.45 bits per heavy atom.